The van der Waals surface area contributed by atoms with Gasteiger partial charge in [-0.3, -0.25) is 14.6 Å². The number of hydrogen-bond acceptors (Lipinski definition) is 2. The van der Waals surface area contributed by atoms with Gasteiger partial charge in [-0.25, -0.2) is 0 Å². The van der Waals surface area contributed by atoms with Gasteiger partial charge in [0.1, 0.15) is 0 Å². The van der Waals surface area contributed by atoms with Gasteiger partial charge in [-0.2, -0.15) is 0 Å². The van der Waals surface area contributed by atoms with Crippen molar-refractivity contribution in [2.75, 3.05) is 18.1 Å². The molecule has 5 heteroatoms. The van der Waals surface area contributed by atoms with E-state index in [0.29, 0.717) is 16.7 Å². The van der Waals surface area contributed by atoms with Crippen LogP contribution in [0.3, 0.4) is 0 Å². The molecule has 1 aromatic rings. The van der Waals surface area contributed by atoms with Gasteiger partial charge in [0, 0.05) is 6.54 Å². The van der Waals surface area contributed by atoms with Crippen molar-refractivity contribution < 1.29 is 4.79 Å². The zero-order chi connectivity index (χ0) is 12.0. The first kappa shape index (κ1) is 11.3. The lowest BCUT2D eigenvalue weighted by atomic mass is 10.2. The molecule has 0 unspecified atom stereocenters. The number of hydrogen-bond donors (Lipinski definition) is 0. The lowest BCUT2D eigenvalue weighted by Gasteiger charge is -2.19. The van der Waals surface area contributed by atoms with Crippen LogP contribution in [-0.2, 0) is 4.79 Å². The average Bonchev–Trinajstić information content (AvgIpc) is 2.87. The summed E-state index contributed by atoms with van der Waals surface area (Å²) in [4.78, 5) is 16.2. The van der Waals surface area contributed by atoms with Gasteiger partial charge in [0.2, 0.25) is 5.91 Å². The minimum Gasteiger partial charge on any atom is -0.296 e. The number of amides is 1. The molecular weight excluding hydrogens is 259 g/mol. The van der Waals surface area contributed by atoms with Gasteiger partial charge in [0.15, 0.2) is 0 Å². The van der Waals surface area contributed by atoms with E-state index in [1.165, 1.54) is 0 Å². The van der Waals surface area contributed by atoms with E-state index in [-0.39, 0.29) is 11.9 Å². The number of nitrogens with zero attached hydrogens (tertiary/aromatic N) is 2. The second-order valence-corrected chi connectivity index (χ2v) is 5.24. The van der Waals surface area contributed by atoms with Crippen LogP contribution in [0.2, 0.25) is 10.0 Å². The Morgan fingerprint density at radius 1 is 1.29 bits per heavy atom. The number of benzene rings is 1. The van der Waals surface area contributed by atoms with E-state index in [1.54, 1.807) is 11.0 Å². The van der Waals surface area contributed by atoms with Gasteiger partial charge >= 0.3 is 0 Å². The van der Waals surface area contributed by atoms with Crippen molar-refractivity contribution in [3.05, 3.63) is 28.2 Å². The van der Waals surface area contributed by atoms with Crippen molar-refractivity contribution in [1.82, 2.24) is 4.90 Å². The molecule has 2 heterocycles. The first-order chi connectivity index (χ1) is 8.18. The fraction of sp³-hybridized carbons (Fsp3) is 0.417. The van der Waals surface area contributed by atoms with Gasteiger partial charge in [-0.05, 0) is 25.0 Å². The van der Waals surface area contributed by atoms with Crippen LogP contribution in [0.1, 0.15) is 12.8 Å². The zero-order valence-electron chi connectivity index (χ0n) is 9.20. The molecule has 2 saturated heterocycles. The Morgan fingerprint density at radius 3 is 2.88 bits per heavy atom. The molecule has 0 aromatic heterocycles. The van der Waals surface area contributed by atoms with Crippen LogP contribution in [-0.4, -0.2) is 30.1 Å². The molecule has 1 atom stereocenters. The Labute approximate surface area is 110 Å². The summed E-state index contributed by atoms with van der Waals surface area (Å²) >= 11 is 12.1. The fourth-order valence-corrected chi connectivity index (χ4v) is 3.00. The molecule has 0 spiro atoms. The normalized spacial score (nSPS) is 24.5. The fourth-order valence-electron chi connectivity index (χ4n) is 2.60. The van der Waals surface area contributed by atoms with E-state index in [1.807, 2.05) is 12.1 Å². The molecule has 2 aliphatic rings. The number of carbonyl (C=O) groups excluding carboxylic acids is 1. The predicted molar refractivity (Wildman–Crippen MR) is 68.5 cm³/mol. The predicted octanol–water partition coefficient (Wildman–Crippen LogP) is 2.76. The number of halogens is 2. The molecule has 3 nitrogen and oxygen atoms in total. The second-order valence-electron chi connectivity index (χ2n) is 4.45. The summed E-state index contributed by atoms with van der Waals surface area (Å²) < 4.78 is 0. The van der Waals surface area contributed by atoms with Crippen LogP contribution >= 0.6 is 23.2 Å². The maximum absolute atomic E-state index is 12.2. The quantitative estimate of drug-likeness (QED) is 0.784. The summed E-state index contributed by atoms with van der Waals surface area (Å²) in [5.41, 5.74) is 0.721. The minimum absolute atomic E-state index is 0.0463. The third-order valence-corrected chi connectivity index (χ3v) is 4.27. The average molecular weight is 271 g/mol. The lowest BCUT2D eigenvalue weighted by Crippen LogP contribution is -2.29. The minimum atomic E-state index is 0.0463. The first-order valence-corrected chi connectivity index (χ1v) is 6.43. The van der Waals surface area contributed by atoms with Crippen LogP contribution in [0, 0.1) is 0 Å². The summed E-state index contributed by atoms with van der Waals surface area (Å²) in [6.07, 6.45) is 2.06. The largest absolute Gasteiger partial charge is 0.296 e. The summed E-state index contributed by atoms with van der Waals surface area (Å²) in [5, 5.41) is 0.952. The van der Waals surface area contributed by atoms with Gasteiger partial charge in [0.25, 0.3) is 0 Å². The van der Waals surface area contributed by atoms with Crippen molar-refractivity contribution >= 4 is 34.8 Å². The topological polar surface area (TPSA) is 23.6 Å². The smallest absolute Gasteiger partial charge is 0.245 e. The Bertz CT molecular complexity index is 478. The maximum atomic E-state index is 12.2. The number of carbonyl (C=O) groups is 1. The standard InChI is InChI=1S/C12H12Cl2N2O/c13-8-3-1-4-9(11(8)14)16-7-15-6-2-5-10(15)12(16)17/h1,3-4,10H,2,5-7H2/t10-/m1/s1. The molecule has 0 bridgehead atoms. The van der Waals surface area contributed by atoms with E-state index < -0.39 is 0 Å². The molecule has 0 radical (unpaired) electrons. The maximum Gasteiger partial charge on any atom is 0.245 e. The van der Waals surface area contributed by atoms with Crippen LogP contribution in [0.5, 0.6) is 0 Å². The van der Waals surface area contributed by atoms with Crippen molar-refractivity contribution in [2.24, 2.45) is 0 Å². The Balaban J connectivity index is 1.95. The van der Waals surface area contributed by atoms with Crippen LogP contribution in [0.15, 0.2) is 18.2 Å². The van der Waals surface area contributed by atoms with Gasteiger partial charge in [0.05, 0.1) is 28.4 Å². The third kappa shape index (κ3) is 1.73. The van der Waals surface area contributed by atoms with E-state index in [0.717, 1.165) is 25.1 Å². The number of rotatable bonds is 1. The molecule has 1 aromatic carbocycles. The lowest BCUT2D eigenvalue weighted by molar-refractivity contribution is -0.119. The van der Waals surface area contributed by atoms with Crippen LogP contribution in [0.25, 0.3) is 0 Å². The Morgan fingerprint density at radius 2 is 2.12 bits per heavy atom. The highest BCUT2D eigenvalue weighted by molar-refractivity contribution is 6.44. The van der Waals surface area contributed by atoms with E-state index >= 15 is 0 Å². The molecule has 0 N–H and O–H groups in total. The molecule has 17 heavy (non-hydrogen) atoms. The van der Waals surface area contributed by atoms with Crippen molar-refractivity contribution in [1.29, 1.82) is 0 Å². The molecule has 90 valence electrons. The monoisotopic (exact) mass is 270 g/mol. The zero-order valence-corrected chi connectivity index (χ0v) is 10.7. The second kappa shape index (κ2) is 4.16. The summed E-state index contributed by atoms with van der Waals surface area (Å²) in [6, 6.07) is 5.44. The Kier molecular flexibility index (Phi) is 2.77. The van der Waals surface area contributed by atoms with Gasteiger partial charge < -0.3 is 0 Å². The Hall–Kier alpha value is -0.770. The van der Waals surface area contributed by atoms with Gasteiger partial charge in [-0.1, -0.05) is 29.3 Å². The number of fused-ring (bicyclic) bond motifs is 1. The van der Waals surface area contributed by atoms with Gasteiger partial charge in [-0.15, -0.1) is 0 Å². The highest BCUT2D eigenvalue weighted by Crippen LogP contribution is 2.36. The SMILES string of the molecule is O=C1[C@H]2CCCN2CN1c1cccc(Cl)c1Cl. The molecule has 0 aliphatic carbocycles. The summed E-state index contributed by atoms with van der Waals surface area (Å²) in [5.74, 6) is 0.145. The molecular formula is C12H12Cl2N2O. The highest BCUT2D eigenvalue weighted by atomic mass is 35.5. The molecule has 3 rings (SSSR count). The van der Waals surface area contributed by atoms with Crippen molar-refractivity contribution in [3.8, 4) is 0 Å². The van der Waals surface area contributed by atoms with Crippen LogP contribution < -0.4 is 4.90 Å². The van der Waals surface area contributed by atoms with E-state index in [9.17, 15) is 4.79 Å². The molecule has 2 aliphatic heterocycles. The van der Waals surface area contributed by atoms with E-state index in [4.69, 9.17) is 23.2 Å². The van der Waals surface area contributed by atoms with Crippen LogP contribution in [0.4, 0.5) is 5.69 Å². The number of anilines is 1. The van der Waals surface area contributed by atoms with Crippen molar-refractivity contribution in [3.63, 3.8) is 0 Å². The third-order valence-electron chi connectivity index (χ3n) is 3.46. The molecule has 1 amide bonds. The summed E-state index contributed by atoms with van der Waals surface area (Å²) in [7, 11) is 0. The first-order valence-electron chi connectivity index (χ1n) is 5.68. The molecule has 0 saturated carbocycles. The molecule has 2 fully saturated rings. The van der Waals surface area contributed by atoms with Crippen molar-refractivity contribution in [2.45, 2.75) is 18.9 Å². The highest BCUT2D eigenvalue weighted by Gasteiger charge is 2.42. The summed E-state index contributed by atoms with van der Waals surface area (Å²) in [6.45, 7) is 1.62. The van der Waals surface area contributed by atoms with E-state index in [2.05, 4.69) is 4.90 Å².